The van der Waals surface area contributed by atoms with Gasteiger partial charge in [0.1, 0.15) is 5.78 Å². The highest BCUT2D eigenvalue weighted by molar-refractivity contribution is 7.18. The lowest BCUT2D eigenvalue weighted by Gasteiger charge is -2.08. The van der Waals surface area contributed by atoms with Crippen LogP contribution in [0.5, 0.6) is 0 Å². The maximum absolute atomic E-state index is 11.3. The highest BCUT2D eigenvalue weighted by Gasteiger charge is 2.11. The number of hydrogen-bond acceptors (Lipinski definition) is 1. The molecule has 0 amide bonds. The predicted octanol–water partition coefficient (Wildman–Crippen LogP) is 2.23. The Bertz CT molecular complexity index is 256. The van der Waals surface area contributed by atoms with Crippen LogP contribution < -0.4 is 0 Å². The Morgan fingerprint density at radius 3 is 2.50 bits per heavy atom. The molecular formula is C10H13OP. The van der Waals surface area contributed by atoms with E-state index >= 15 is 0 Å². The van der Waals surface area contributed by atoms with Gasteiger partial charge < -0.3 is 0 Å². The number of hydrogen-bond donors (Lipinski definition) is 0. The molecule has 0 spiro atoms. The number of ketones is 1. The first-order valence-corrected chi connectivity index (χ1v) is 4.85. The van der Waals surface area contributed by atoms with Crippen LogP contribution in [-0.4, -0.2) is 11.9 Å². The molecule has 0 aromatic heterocycles. The topological polar surface area (TPSA) is 17.1 Å². The Morgan fingerprint density at radius 1 is 1.42 bits per heavy atom. The van der Waals surface area contributed by atoms with E-state index in [1.54, 1.807) is 0 Å². The quantitative estimate of drug-likeness (QED) is 0.652. The molecule has 2 heteroatoms. The zero-order chi connectivity index (χ0) is 8.97. The van der Waals surface area contributed by atoms with Gasteiger partial charge in [0.25, 0.3) is 0 Å². The first kappa shape index (κ1) is 9.41. The Labute approximate surface area is 75.4 Å². The lowest BCUT2D eigenvalue weighted by molar-refractivity contribution is -0.117. The average Bonchev–Trinajstić information content (AvgIpc) is 2.17. The second-order valence-electron chi connectivity index (χ2n) is 2.80. The van der Waals surface area contributed by atoms with Gasteiger partial charge in [-0.1, -0.05) is 37.3 Å². The van der Waals surface area contributed by atoms with Crippen molar-refractivity contribution >= 4 is 15.0 Å². The summed E-state index contributed by atoms with van der Waals surface area (Å²) in [7, 11) is 2.46. The van der Waals surface area contributed by atoms with Crippen molar-refractivity contribution in [2.45, 2.75) is 12.8 Å². The highest BCUT2D eigenvalue weighted by atomic mass is 31.0. The van der Waals surface area contributed by atoms with E-state index in [1.165, 1.54) is 0 Å². The number of benzene rings is 1. The van der Waals surface area contributed by atoms with Gasteiger partial charge in [0.05, 0.1) is 0 Å². The van der Waals surface area contributed by atoms with E-state index in [0.717, 1.165) is 5.56 Å². The third kappa shape index (κ3) is 2.15. The Kier molecular flexibility index (Phi) is 3.43. The van der Waals surface area contributed by atoms with Crippen LogP contribution >= 0.6 is 9.24 Å². The van der Waals surface area contributed by atoms with E-state index in [9.17, 15) is 4.79 Å². The third-order valence-electron chi connectivity index (χ3n) is 1.98. The van der Waals surface area contributed by atoms with Crippen LogP contribution in [0.1, 0.15) is 18.4 Å². The molecule has 1 nitrogen and oxygen atoms in total. The van der Waals surface area contributed by atoms with Gasteiger partial charge in [-0.15, -0.1) is 9.24 Å². The number of rotatable bonds is 3. The van der Waals surface area contributed by atoms with E-state index in [1.807, 2.05) is 37.3 Å². The van der Waals surface area contributed by atoms with Crippen LogP contribution in [-0.2, 0) is 4.79 Å². The minimum absolute atomic E-state index is 0.0312. The first-order valence-electron chi connectivity index (χ1n) is 4.03. The van der Waals surface area contributed by atoms with Crippen molar-refractivity contribution in [3.63, 3.8) is 0 Å². The lowest BCUT2D eigenvalue weighted by Crippen LogP contribution is -2.09. The Hall–Kier alpha value is -0.680. The van der Waals surface area contributed by atoms with Crippen LogP contribution in [0, 0.1) is 0 Å². The zero-order valence-electron chi connectivity index (χ0n) is 7.16. The average molecular weight is 180 g/mol. The monoisotopic (exact) mass is 180 g/mol. The first-order chi connectivity index (χ1) is 5.75. The van der Waals surface area contributed by atoms with Gasteiger partial charge in [-0.3, -0.25) is 4.79 Å². The molecule has 1 aromatic rings. The number of carbonyl (C=O) groups is 1. The van der Waals surface area contributed by atoms with Gasteiger partial charge in [0, 0.05) is 12.1 Å². The van der Waals surface area contributed by atoms with Crippen LogP contribution in [0.3, 0.4) is 0 Å². The highest BCUT2D eigenvalue weighted by Crippen LogP contribution is 2.16. The summed E-state index contributed by atoms with van der Waals surface area (Å²) in [5.41, 5.74) is 1.10. The molecule has 1 aromatic carbocycles. The predicted molar refractivity (Wildman–Crippen MR) is 54.4 cm³/mol. The summed E-state index contributed by atoms with van der Waals surface area (Å²) >= 11 is 0. The summed E-state index contributed by atoms with van der Waals surface area (Å²) in [6.45, 7) is 1.95. The van der Waals surface area contributed by atoms with Crippen molar-refractivity contribution in [1.82, 2.24) is 0 Å². The standard InChI is InChI=1S/C10H13OP/c1-8(10(11)7-12)9-5-3-2-4-6-9/h2-6,8H,7,12H2,1H3/t8-/m0/s1. The van der Waals surface area contributed by atoms with Crippen LogP contribution in [0.4, 0.5) is 0 Å². The van der Waals surface area contributed by atoms with Gasteiger partial charge in [0.2, 0.25) is 0 Å². The molecular weight excluding hydrogens is 167 g/mol. The molecule has 0 aliphatic carbocycles. The van der Waals surface area contributed by atoms with E-state index in [0.29, 0.717) is 6.16 Å². The molecule has 64 valence electrons. The maximum atomic E-state index is 11.3. The fraction of sp³-hybridized carbons (Fsp3) is 0.300. The summed E-state index contributed by atoms with van der Waals surface area (Å²) in [5.74, 6) is 0.301. The molecule has 0 radical (unpaired) electrons. The molecule has 0 N–H and O–H groups in total. The summed E-state index contributed by atoms with van der Waals surface area (Å²) in [6.07, 6.45) is 0.538. The molecule has 2 atom stereocenters. The zero-order valence-corrected chi connectivity index (χ0v) is 8.31. The second kappa shape index (κ2) is 4.37. The fourth-order valence-electron chi connectivity index (χ4n) is 1.10. The molecule has 0 aliphatic rings. The molecule has 0 bridgehead atoms. The lowest BCUT2D eigenvalue weighted by atomic mass is 9.98. The van der Waals surface area contributed by atoms with E-state index in [-0.39, 0.29) is 11.7 Å². The van der Waals surface area contributed by atoms with Gasteiger partial charge in [-0.05, 0) is 5.56 Å². The van der Waals surface area contributed by atoms with Crippen LogP contribution in [0.25, 0.3) is 0 Å². The van der Waals surface area contributed by atoms with Gasteiger partial charge >= 0.3 is 0 Å². The second-order valence-corrected chi connectivity index (χ2v) is 3.21. The molecule has 1 unspecified atom stereocenters. The Balaban J connectivity index is 2.78. The molecule has 0 saturated heterocycles. The summed E-state index contributed by atoms with van der Waals surface area (Å²) in [4.78, 5) is 11.3. The summed E-state index contributed by atoms with van der Waals surface area (Å²) in [5, 5.41) is 0. The fourth-order valence-corrected chi connectivity index (χ4v) is 1.46. The SMILES string of the molecule is C[C@H](C(=O)CP)c1ccccc1. The minimum atomic E-state index is 0.0312. The maximum Gasteiger partial charge on any atom is 0.143 e. The van der Waals surface area contributed by atoms with E-state index in [4.69, 9.17) is 0 Å². The van der Waals surface area contributed by atoms with Crippen molar-refractivity contribution in [3.05, 3.63) is 35.9 Å². The third-order valence-corrected chi connectivity index (χ3v) is 2.39. The number of Topliss-reactive ketones (excluding diaryl/α,β-unsaturated/α-hetero) is 1. The van der Waals surface area contributed by atoms with Crippen LogP contribution in [0.15, 0.2) is 30.3 Å². The van der Waals surface area contributed by atoms with Gasteiger partial charge in [-0.2, -0.15) is 0 Å². The molecule has 1 rings (SSSR count). The van der Waals surface area contributed by atoms with Crippen molar-refractivity contribution in [2.75, 3.05) is 6.16 Å². The molecule has 0 saturated carbocycles. The van der Waals surface area contributed by atoms with Gasteiger partial charge in [-0.25, -0.2) is 0 Å². The van der Waals surface area contributed by atoms with Crippen molar-refractivity contribution < 1.29 is 4.79 Å². The van der Waals surface area contributed by atoms with Crippen molar-refractivity contribution in [3.8, 4) is 0 Å². The van der Waals surface area contributed by atoms with E-state index in [2.05, 4.69) is 9.24 Å². The largest absolute Gasteiger partial charge is 0.299 e. The van der Waals surface area contributed by atoms with Gasteiger partial charge in [0.15, 0.2) is 0 Å². The van der Waals surface area contributed by atoms with E-state index < -0.39 is 0 Å². The summed E-state index contributed by atoms with van der Waals surface area (Å²) < 4.78 is 0. The minimum Gasteiger partial charge on any atom is -0.299 e. The summed E-state index contributed by atoms with van der Waals surface area (Å²) in [6, 6.07) is 9.86. The molecule has 0 aliphatic heterocycles. The smallest absolute Gasteiger partial charge is 0.143 e. The normalized spacial score (nSPS) is 12.5. The molecule has 0 fully saturated rings. The van der Waals surface area contributed by atoms with Crippen molar-refractivity contribution in [2.24, 2.45) is 0 Å². The Morgan fingerprint density at radius 2 is 2.00 bits per heavy atom. The van der Waals surface area contributed by atoms with Crippen LogP contribution in [0.2, 0.25) is 0 Å². The molecule has 0 heterocycles. The molecule has 12 heavy (non-hydrogen) atoms. The van der Waals surface area contributed by atoms with Crippen molar-refractivity contribution in [1.29, 1.82) is 0 Å². The number of carbonyl (C=O) groups excluding carboxylic acids is 1.